The highest BCUT2D eigenvalue weighted by molar-refractivity contribution is 6.33. The molecule has 1 rings (SSSR count). The first-order valence-corrected chi connectivity index (χ1v) is 5.23. The van der Waals surface area contributed by atoms with Crippen LogP contribution in [0.3, 0.4) is 0 Å². The third kappa shape index (κ3) is 3.90. The number of carbonyl (C=O) groups is 1. The molecule has 0 bridgehead atoms. The standard InChI is InChI=1S/C11H13ClN2O2/c1-2-16-7-3-5-14-11(15)9-4-6-13-8-10(9)12/h2,4,6,8H,1,3,5,7H2,(H,14,15). The summed E-state index contributed by atoms with van der Waals surface area (Å²) in [4.78, 5) is 15.4. The van der Waals surface area contributed by atoms with Crippen molar-refractivity contribution in [3.8, 4) is 0 Å². The van der Waals surface area contributed by atoms with Gasteiger partial charge in [0.2, 0.25) is 0 Å². The van der Waals surface area contributed by atoms with Crippen LogP contribution in [0.15, 0.2) is 31.3 Å². The monoisotopic (exact) mass is 240 g/mol. The summed E-state index contributed by atoms with van der Waals surface area (Å²) < 4.78 is 4.92. The van der Waals surface area contributed by atoms with E-state index in [1.165, 1.54) is 18.7 Å². The predicted octanol–water partition coefficient (Wildman–Crippen LogP) is 2.02. The molecule has 1 aromatic heterocycles. The molecule has 1 N–H and O–H groups in total. The quantitative estimate of drug-likeness (QED) is 0.611. The van der Waals surface area contributed by atoms with E-state index < -0.39 is 0 Å². The maximum absolute atomic E-state index is 11.6. The lowest BCUT2D eigenvalue weighted by Crippen LogP contribution is -2.25. The Hall–Kier alpha value is -1.55. The molecule has 0 radical (unpaired) electrons. The number of hydrogen-bond donors (Lipinski definition) is 1. The number of halogens is 1. The second-order valence-electron chi connectivity index (χ2n) is 3.00. The SMILES string of the molecule is C=COCCCNC(=O)c1ccncc1Cl. The summed E-state index contributed by atoms with van der Waals surface area (Å²) in [5, 5.41) is 3.08. The molecule has 86 valence electrons. The van der Waals surface area contributed by atoms with Crippen LogP contribution < -0.4 is 5.32 Å². The zero-order valence-corrected chi connectivity index (χ0v) is 9.54. The van der Waals surface area contributed by atoms with E-state index in [0.29, 0.717) is 23.7 Å². The number of amides is 1. The smallest absolute Gasteiger partial charge is 0.252 e. The summed E-state index contributed by atoms with van der Waals surface area (Å²) >= 11 is 5.82. The first-order chi connectivity index (χ1) is 7.75. The van der Waals surface area contributed by atoms with Crippen LogP contribution in [0.25, 0.3) is 0 Å². The normalized spacial score (nSPS) is 9.56. The van der Waals surface area contributed by atoms with Crippen LogP contribution >= 0.6 is 11.6 Å². The first kappa shape index (κ1) is 12.5. The third-order valence-corrected chi connectivity index (χ3v) is 2.16. The average molecular weight is 241 g/mol. The molecule has 0 aliphatic carbocycles. The number of carbonyl (C=O) groups excluding carboxylic acids is 1. The van der Waals surface area contributed by atoms with E-state index in [2.05, 4.69) is 16.9 Å². The molecule has 0 aliphatic rings. The summed E-state index contributed by atoms with van der Waals surface area (Å²) in [6.45, 7) is 4.49. The van der Waals surface area contributed by atoms with Crippen LogP contribution in [0.2, 0.25) is 5.02 Å². The molecular formula is C11H13ClN2O2. The van der Waals surface area contributed by atoms with Crippen LogP contribution in [0.4, 0.5) is 0 Å². The summed E-state index contributed by atoms with van der Waals surface area (Å²) in [5.74, 6) is -0.203. The Balaban J connectivity index is 2.36. The minimum atomic E-state index is -0.203. The average Bonchev–Trinajstić information content (AvgIpc) is 2.29. The van der Waals surface area contributed by atoms with Gasteiger partial charge >= 0.3 is 0 Å². The van der Waals surface area contributed by atoms with Crippen molar-refractivity contribution in [3.63, 3.8) is 0 Å². The number of pyridine rings is 1. The third-order valence-electron chi connectivity index (χ3n) is 1.86. The fourth-order valence-electron chi connectivity index (χ4n) is 1.10. The molecule has 0 aliphatic heterocycles. The van der Waals surface area contributed by atoms with E-state index in [4.69, 9.17) is 16.3 Å². The zero-order valence-electron chi connectivity index (χ0n) is 8.78. The van der Waals surface area contributed by atoms with E-state index in [-0.39, 0.29) is 5.91 Å². The lowest BCUT2D eigenvalue weighted by Gasteiger charge is -2.05. The van der Waals surface area contributed by atoms with Crippen LogP contribution in [-0.2, 0) is 4.74 Å². The molecule has 1 amide bonds. The van der Waals surface area contributed by atoms with E-state index >= 15 is 0 Å². The van der Waals surface area contributed by atoms with Crippen molar-refractivity contribution >= 4 is 17.5 Å². The van der Waals surface area contributed by atoms with Gasteiger partial charge in [0.1, 0.15) is 0 Å². The molecule has 0 atom stereocenters. The number of ether oxygens (including phenoxy) is 1. The second kappa shape index (κ2) is 6.85. The van der Waals surface area contributed by atoms with Crippen LogP contribution in [0, 0.1) is 0 Å². The van der Waals surface area contributed by atoms with E-state index in [1.54, 1.807) is 6.07 Å². The second-order valence-corrected chi connectivity index (χ2v) is 3.41. The van der Waals surface area contributed by atoms with Gasteiger partial charge in [-0.15, -0.1) is 0 Å². The highest BCUT2D eigenvalue weighted by Gasteiger charge is 2.08. The van der Waals surface area contributed by atoms with Crippen LogP contribution in [0.5, 0.6) is 0 Å². The molecule has 0 unspecified atom stereocenters. The molecule has 4 nitrogen and oxygen atoms in total. The highest BCUT2D eigenvalue weighted by atomic mass is 35.5. The lowest BCUT2D eigenvalue weighted by atomic mass is 10.2. The number of nitrogens with one attached hydrogen (secondary N) is 1. The Labute approximate surface area is 99.3 Å². The van der Waals surface area contributed by atoms with Crippen molar-refractivity contribution in [2.45, 2.75) is 6.42 Å². The Morgan fingerprint density at radius 1 is 1.69 bits per heavy atom. The molecule has 0 fully saturated rings. The van der Waals surface area contributed by atoms with E-state index in [9.17, 15) is 4.79 Å². The molecule has 16 heavy (non-hydrogen) atoms. The van der Waals surface area contributed by atoms with E-state index in [1.807, 2.05) is 0 Å². The number of rotatable bonds is 6. The van der Waals surface area contributed by atoms with Crippen molar-refractivity contribution in [2.24, 2.45) is 0 Å². The minimum absolute atomic E-state index is 0.203. The summed E-state index contributed by atoms with van der Waals surface area (Å²) in [6.07, 6.45) is 5.07. The highest BCUT2D eigenvalue weighted by Crippen LogP contribution is 2.12. The van der Waals surface area contributed by atoms with Crippen LogP contribution in [0.1, 0.15) is 16.8 Å². The Morgan fingerprint density at radius 3 is 3.19 bits per heavy atom. The predicted molar refractivity (Wildman–Crippen MR) is 62.3 cm³/mol. The first-order valence-electron chi connectivity index (χ1n) is 4.86. The van der Waals surface area contributed by atoms with Crippen molar-refractivity contribution in [3.05, 3.63) is 41.9 Å². The van der Waals surface area contributed by atoms with Crippen molar-refractivity contribution in [1.29, 1.82) is 0 Å². The topological polar surface area (TPSA) is 51.2 Å². The maximum atomic E-state index is 11.6. The minimum Gasteiger partial charge on any atom is -0.502 e. The fourth-order valence-corrected chi connectivity index (χ4v) is 1.30. The molecule has 0 aromatic carbocycles. The van der Waals surface area contributed by atoms with Gasteiger partial charge in [-0.1, -0.05) is 18.2 Å². The molecule has 0 saturated heterocycles. The number of aromatic nitrogens is 1. The van der Waals surface area contributed by atoms with Gasteiger partial charge in [0, 0.05) is 18.9 Å². The number of nitrogens with zero attached hydrogens (tertiary/aromatic N) is 1. The summed E-state index contributed by atoms with van der Waals surface area (Å²) in [6, 6.07) is 1.58. The Morgan fingerprint density at radius 2 is 2.50 bits per heavy atom. The van der Waals surface area contributed by atoms with Gasteiger partial charge in [0.25, 0.3) is 5.91 Å². The van der Waals surface area contributed by atoms with Gasteiger partial charge in [-0.2, -0.15) is 0 Å². The van der Waals surface area contributed by atoms with Crippen molar-refractivity contribution in [2.75, 3.05) is 13.2 Å². The summed E-state index contributed by atoms with van der Waals surface area (Å²) in [5.41, 5.74) is 0.432. The fraction of sp³-hybridized carbons (Fsp3) is 0.273. The molecule has 1 heterocycles. The molecular weight excluding hydrogens is 228 g/mol. The number of hydrogen-bond acceptors (Lipinski definition) is 3. The molecule has 5 heteroatoms. The molecule has 1 aromatic rings. The molecule has 0 saturated carbocycles. The molecule has 0 spiro atoms. The Bertz CT molecular complexity index is 369. The summed E-state index contributed by atoms with van der Waals surface area (Å²) in [7, 11) is 0. The van der Waals surface area contributed by atoms with Gasteiger partial charge < -0.3 is 10.1 Å². The zero-order chi connectivity index (χ0) is 11.8. The van der Waals surface area contributed by atoms with Crippen molar-refractivity contribution < 1.29 is 9.53 Å². The van der Waals surface area contributed by atoms with Gasteiger partial charge in [-0.05, 0) is 12.5 Å². The van der Waals surface area contributed by atoms with Gasteiger partial charge in [0.05, 0.1) is 23.5 Å². The van der Waals surface area contributed by atoms with Gasteiger partial charge in [-0.3, -0.25) is 9.78 Å². The lowest BCUT2D eigenvalue weighted by molar-refractivity contribution is 0.0950. The van der Waals surface area contributed by atoms with Gasteiger partial charge in [-0.25, -0.2) is 0 Å². The van der Waals surface area contributed by atoms with Crippen molar-refractivity contribution in [1.82, 2.24) is 10.3 Å². The maximum Gasteiger partial charge on any atom is 0.252 e. The van der Waals surface area contributed by atoms with Crippen LogP contribution in [-0.4, -0.2) is 24.0 Å². The Kier molecular flexibility index (Phi) is 5.36. The van der Waals surface area contributed by atoms with Gasteiger partial charge in [0.15, 0.2) is 0 Å². The largest absolute Gasteiger partial charge is 0.502 e. The van der Waals surface area contributed by atoms with E-state index in [0.717, 1.165) is 6.42 Å².